The minimum atomic E-state index is -3.86. The molecule has 0 aliphatic carbocycles. The first kappa shape index (κ1) is 22.5. The zero-order valence-electron chi connectivity index (χ0n) is 17.8. The van der Waals surface area contributed by atoms with Crippen molar-refractivity contribution in [2.75, 3.05) is 5.01 Å². The summed E-state index contributed by atoms with van der Waals surface area (Å²) in [6, 6.07) is 24.3. The van der Waals surface area contributed by atoms with Crippen molar-refractivity contribution in [2.45, 2.75) is 31.7 Å². The molecule has 0 aliphatic heterocycles. The number of para-hydroxylation sites is 2. The molecule has 3 aromatic rings. The van der Waals surface area contributed by atoms with E-state index in [0.717, 1.165) is 16.9 Å². The number of carbonyl (C=O) groups is 1. The fraction of sp³-hybridized carbons (Fsp3) is 0.208. The van der Waals surface area contributed by atoms with Crippen LogP contribution in [0.2, 0.25) is 0 Å². The number of hydrogen-bond donors (Lipinski definition) is 2. The van der Waals surface area contributed by atoms with E-state index in [1.54, 1.807) is 31.0 Å². The van der Waals surface area contributed by atoms with E-state index in [1.165, 1.54) is 12.1 Å². The maximum atomic E-state index is 13.2. The molecule has 0 radical (unpaired) electrons. The molecule has 0 aromatic heterocycles. The summed E-state index contributed by atoms with van der Waals surface area (Å²) in [5.74, 6) is -0.716. The lowest BCUT2D eigenvalue weighted by Crippen LogP contribution is -2.53. The molecule has 0 bridgehead atoms. The number of nitrogens with zero attached hydrogens (tertiary/aromatic N) is 1. The molecule has 3 rings (SSSR count). The summed E-state index contributed by atoms with van der Waals surface area (Å²) in [5, 5.41) is 1.65. The predicted octanol–water partition coefficient (Wildman–Crippen LogP) is 4.17. The Balaban J connectivity index is 1.87. The molecular weight excluding hydrogens is 410 g/mol. The Labute approximate surface area is 183 Å². The Morgan fingerprint density at radius 1 is 0.806 bits per heavy atom. The normalized spacial score (nSPS) is 12.4. The fourth-order valence-corrected chi connectivity index (χ4v) is 4.40. The second-order valence-corrected chi connectivity index (χ2v) is 9.35. The number of anilines is 2. The predicted molar refractivity (Wildman–Crippen MR) is 123 cm³/mol. The highest BCUT2D eigenvalue weighted by molar-refractivity contribution is 7.89. The summed E-state index contributed by atoms with van der Waals surface area (Å²) in [6.45, 7) is 5.49. The molecule has 0 aliphatic rings. The number of benzene rings is 3. The van der Waals surface area contributed by atoms with Gasteiger partial charge in [0.15, 0.2) is 0 Å². The summed E-state index contributed by atoms with van der Waals surface area (Å²) in [5.41, 5.74) is 5.35. The van der Waals surface area contributed by atoms with Crippen molar-refractivity contribution >= 4 is 27.3 Å². The Morgan fingerprint density at radius 2 is 1.29 bits per heavy atom. The molecule has 0 spiro atoms. The summed E-state index contributed by atoms with van der Waals surface area (Å²) < 4.78 is 28.3. The Kier molecular flexibility index (Phi) is 7.09. The molecular formula is C24H27N3O3S. The van der Waals surface area contributed by atoms with E-state index in [0.29, 0.717) is 0 Å². The number of hydrogen-bond acceptors (Lipinski definition) is 4. The third-order valence-corrected chi connectivity index (χ3v) is 6.27. The standard InChI is InChI=1S/C24H27N3O3S/c1-18(2)23(26-31(29,30)22-16-14-19(3)15-17-22)24(28)25-27(20-10-6-4-7-11-20)21-12-8-5-9-13-21/h4-18,23,26H,1-3H3,(H,25,28)/t23-/m0/s1. The first-order valence-electron chi connectivity index (χ1n) is 10.1. The first-order chi connectivity index (χ1) is 14.8. The minimum absolute atomic E-state index is 0.125. The molecule has 3 aromatic carbocycles. The van der Waals surface area contributed by atoms with Crippen LogP contribution in [-0.4, -0.2) is 20.4 Å². The molecule has 1 amide bonds. The van der Waals surface area contributed by atoms with Crippen LogP contribution in [-0.2, 0) is 14.8 Å². The van der Waals surface area contributed by atoms with Crippen molar-refractivity contribution in [3.05, 3.63) is 90.5 Å². The molecule has 0 unspecified atom stereocenters. The van der Waals surface area contributed by atoms with Gasteiger partial charge in [-0.2, -0.15) is 4.72 Å². The van der Waals surface area contributed by atoms with Gasteiger partial charge in [-0.1, -0.05) is 67.9 Å². The Hall–Kier alpha value is -3.16. The monoisotopic (exact) mass is 437 g/mol. The van der Waals surface area contributed by atoms with E-state index < -0.39 is 22.0 Å². The topological polar surface area (TPSA) is 78.5 Å². The number of amides is 1. The summed E-state index contributed by atoms with van der Waals surface area (Å²) in [7, 11) is -3.86. The average Bonchev–Trinajstić information content (AvgIpc) is 2.77. The second-order valence-electron chi connectivity index (χ2n) is 7.64. The van der Waals surface area contributed by atoms with Gasteiger partial charge in [-0.3, -0.25) is 15.2 Å². The quantitative estimate of drug-likeness (QED) is 0.519. The molecule has 1 atom stereocenters. The SMILES string of the molecule is Cc1ccc(S(=O)(=O)N[C@H](C(=O)NN(c2ccccc2)c2ccccc2)C(C)C)cc1. The van der Waals surface area contributed by atoms with Crippen LogP contribution in [0, 0.1) is 12.8 Å². The van der Waals surface area contributed by atoms with Gasteiger partial charge >= 0.3 is 0 Å². The molecule has 162 valence electrons. The van der Waals surface area contributed by atoms with Gasteiger partial charge < -0.3 is 0 Å². The zero-order chi connectivity index (χ0) is 22.4. The lowest BCUT2D eigenvalue weighted by atomic mass is 10.1. The van der Waals surface area contributed by atoms with Crippen LogP contribution in [0.1, 0.15) is 19.4 Å². The highest BCUT2D eigenvalue weighted by atomic mass is 32.2. The molecule has 7 heteroatoms. The number of nitrogens with one attached hydrogen (secondary N) is 2. The number of hydrazine groups is 1. The highest BCUT2D eigenvalue weighted by Crippen LogP contribution is 2.23. The molecule has 31 heavy (non-hydrogen) atoms. The lowest BCUT2D eigenvalue weighted by molar-refractivity contribution is -0.123. The van der Waals surface area contributed by atoms with Gasteiger partial charge in [-0.05, 0) is 49.2 Å². The number of aryl methyl sites for hydroxylation is 1. The maximum absolute atomic E-state index is 13.2. The van der Waals surface area contributed by atoms with Gasteiger partial charge in [-0.15, -0.1) is 0 Å². The highest BCUT2D eigenvalue weighted by Gasteiger charge is 2.29. The van der Waals surface area contributed by atoms with E-state index in [2.05, 4.69) is 10.1 Å². The minimum Gasteiger partial charge on any atom is -0.271 e. The van der Waals surface area contributed by atoms with Gasteiger partial charge in [-0.25, -0.2) is 8.42 Å². The van der Waals surface area contributed by atoms with E-state index in [4.69, 9.17) is 0 Å². The van der Waals surface area contributed by atoms with Crippen LogP contribution < -0.4 is 15.2 Å². The van der Waals surface area contributed by atoms with E-state index in [-0.39, 0.29) is 10.8 Å². The number of rotatable bonds is 8. The summed E-state index contributed by atoms with van der Waals surface area (Å²) in [6.07, 6.45) is 0. The van der Waals surface area contributed by atoms with Crippen molar-refractivity contribution in [2.24, 2.45) is 5.92 Å². The third-order valence-electron chi connectivity index (χ3n) is 4.81. The van der Waals surface area contributed by atoms with E-state index in [9.17, 15) is 13.2 Å². The first-order valence-corrected chi connectivity index (χ1v) is 11.6. The summed E-state index contributed by atoms with van der Waals surface area (Å²) >= 11 is 0. The molecule has 0 saturated carbocycles. The van der Waals surface area contributed by atoms with Crippen LogP contribution in [0.3, 0.4) is 0 Å². The summed E-state index contributed by atoms with van der Waals surface area (Å²) in [4.78, 5) is 13.3. The average molecular weight is 438 g/mol. The van der Waals surface area contributed by atoms with E-state index in [1.807, 2.05) is 67.6 Å². The van der Waals surface area contributed by atoms with Gasteiger partial charge in [0, 0.05) is 0 Å². The van der Waals surface area contributed by atoms with Crippen LogP contribution in [0.15, 0.2) is 89.8 Å². The van der Waals surface area contributed by atoms with E-state index >= 15 is 0 Å². The molecule has 0 saturated heterocycles. The van der Waals surface area contributed by atoms with Crippen LogP contribution in [0.5, 0.6) is 0 Å². The van der Waals surface area contributed by atoms with Crippen molar-refractivity contribution in [1.29, 1.82) is 0 Å². The number of carbonyl (C=O) groups excluding carboxylic acids is 1. The van der Waals surface area contributed by atoms with Crippen LogP contribution in [0.25, 0.3) is 0 Å². The molecule has 0 heterocycles. The number of sulfonamides is 1. The smallest absolute Gasteiger partial charge is 0.257 e. The van der Waals surface area contributed by atoms with Gasteiger partial charge in [0.2, 0.25) is 10.0 Å². The molecule has 2 N–H and O–H groups in total. The lowest BCUT2D eigenvalue weighted by Gasteiger charge is -2.29. The van der Waals surface area contributed by atoms with Crippen LogP contribution in [0.4, 0.5) is 11.4 Å². The Morgan fingerprint density at radius 3 is 1.74 bits per heavy atom. The van der Waals surface area contributed by atoms with Gasteiger partial charge in [0.05, 0.1) is 16.3 Å². The third kappa shape index (κ3) is 5.71. The van der Waals surface area contributed by atoms with Crippen molar-refractivity contribution in [1.82, 2.24) is 10.1 Å². The Bertz CT molecular complexity index is 1060. The van der Waals surface area contributed by atoms with Gasteiger partial charge in [0.25, 0.3) is 5.91 Å². The molecule has 0 fully saturated rings. The molecule has 6 nitrogen and oxygen atoms in total. The second kappa shape index (κ2) is 9.76. The van der Waals surface area contributed by atoms with Crippen molar-refractivity contribution in [3.8, 4) is 0 Å². The van der Waals surface area contributed by atoms with Crippen molar-refractivity contribution in [3.63, 3.8) is 0 Å². The maximum Gasteiger partial charge on any atom is 0.257 e. The van der Waals surface area contributed by atoms with Gasteiger partial charge in [0.1, 0.15) is 6.04 Å². The van der Waals surface area contributed by atoms with Crippen molar-refractivity contribution < 1.29 is 13.2 Å². The zero-order valence-corrected chi connectivity index (χ0v) is 18.6. The fourth-order valence-electron chi connectivity index (χ4n) is 3.06. The van der Waals surface area contributed by atoms with Crippen LogP contribution >= 0.6 is 0 Å². The largest absolute Gasteiger partial charge is 0.271 e.